The molecule has 6 heteroatoms. The predicted octanol–water partition coefficient (Wildman–Crippen LogP) is 1.88. The second kappa shape index (κ2) is 9.08. The van der Waals surface area contributed by atoms with Gasteiger partial charge in [-0.2, -0.15) is 11.8 Å². The zero-order chi connectivity index (χ0) is 14.1. The van der Waals surface area contributed by atoms with Crippen molar-refractivity contribution >= 4 is 23.8 Å². The molecular weight excluding hydrogens is 252 g/mol. The van der Waals surface area contributed by atoms with E-state index in [4.69, 9.17) is 5.11 Å². The lowest BCUT2D eigenvalue weighted by atomic mass is 10.1. The first-order valence-electron chi connectivity index (χ1n) is 6.09. The quantitative estimate of drug-likeness (QED) is 0.710. The number of nitrogens with zero attached hydrogens (tertiary/aromatic N) is 1. The summed E-state index contributed by atoms with van der Waals surface area (Å²) in [6, 6.07) is 0.0491. The molecule has 2 N–H and O–H groups in total. The number of amides is 2. The van der Waals surface area contributed by atoms with Crippen molar-refractivity contribution in [3.8, 4) is 0 Å². The zero-order valence-corrected chi connectivity index (χ0v) is 12.4. The SMILES string of the molecule is CSCCC(C)N(C)C(=O)NCC(C)CC(=O)O. The minimum atomic E-state index is -0.835. The van der Waals surface area contributed by atoms with Crippen LogP contribution in [0, 0.1) is 5.92 Å². The summed E-state index contributed by atoms with van der Waals surface area (Å²) < 4.78 is 0. The Hall–Kier alpha value is -0.910. The molecule has 0 fully saturated rings. The number of nitrogens with one attached hydrogen (secondary N) is 1. The summed E-state index contributed by atoms with van der Waals surface area (Å²) in [5.41, 5.74) is 0. The van der Waals surface area contributed by atoms with Gasteiger partial charge in [0.2, 0.25) is 0 Å². The molecule has 0 aliphatic rings. The molecule has 0 aliphatic heterocycles. The second-order valence-corrected chi connectivity index (χ2v) is 5.62. The smallest absolute Gasteiger partial charge is 0.317 e. The van der Waals surface area contributed by atoms with Crippen molar-refractivity contribution in [3.05, 3.63) is 0 Å². The Morgan fingerprint density at radius 2 is 2.00 bits per heavy atom. The number of carboxylic acid groups (broad SMARTS) is 1. The first-order chi connectivity index (χ1) is 8.38. The average molecular weight is 276 g/mol. The van der Waals surface area contributed by atoms with Crippen molar-refractivity contribution in [1.29, 1.82) is 0 Å². The first-order valence-corrected chi connectivity index (χ1v) is 7.49. The van der Waals surface area contributed by atoms with Gasteiger partial charge in [0.05, 0.1) is 0 Å². The Bertz CT molecular complexity index is 274. The molecule has 0 radical (unpaired) electrons. The summed E-state index contributed by atoms with van der Waals surface area (Å²) in [6.45, 7) is 4.22. The number of carbonyl (C=O) groups is 2. The third-order valence-electron chi connectivity index (χ3n) is 2.85. The average Bonchev–Trinajstić information content (AvgIpc) is 2.31. The molecule has 0 heterocycles. The van der Waals surface area contributed by atoms with E-state index in [-0.39, 0.29) is 24.4 Å². The number of carboxylic acids is 1. The highest BCUT2D eigenvalue weighted by molar-refractivity contribution is 7.98. The van der Waals surface area contributed by atoms with Gasteiger partial charge in [0, 0.05) is 26.1 Å². The van der Waals surface area contributed by atoms with Crippen LogP contribution in [0.25, 0.3) is 0 Å². The van der Waals surface area contributed by atoms with E-state index in [9.17, 15) is 9.59 Å². The molecule has 0 saturated carbocycles. The largest absolute Gasteiger partial charge is 0.481 e. The molecule has 0 saturated heterocycles. The van der Waals surface area contributed by atoms with E-state index >= 15 is 0 Å². The van der Waals surface area contributed by atoms with Crippen LogP contribution in [0.15, 0.2) is 0 Å². The minimum Gasteiger partial charge on any atom is -0.481 e. The number of aliphatic carboxylic acids is 1. The highest BCUT2D eigenvalue weighted by atomic mass is 32.2. The lowest BCUT2D eigenvalue weighted by molar-refractivity contribution is -0.137. The third kappa shape index (κ3) is 7.42. The minimum absolute atomic E-state index is 0.0543. The molecule has 0 aromatic heterocycles. The highest BCUT2D eigenvalue weighted by Crippen LogP contribution is 2.06. The summed E-state index contributed by atoms with van der Waals surface area (Å²) in [5.74, 6) is 0.133. The maximum atomic E-state index is 11.8. The molecule has 2 atom stereocenters. The maximum absolute atomic E-state index is 11.8. The van der Waals surface area contributed by atoms with Crippen LogP contribution in [0.4, 0.5) is 4.79 Å². The Balaban J connectivity index is 3.96. The van der Waals surface area contributed by atoms with Gasteiger partial charge in [0.1, 0.15) is 0 Å². The lowest BCUT2D eigenvalue weighted by Gasteiger charge is -2.25. The van der Waals surface area contributed by atoms with Gasteiger partial charge >= 0.3 is 12.0 Å². The highest BCUT2D eigenvalue weighted by Gasteiger charge is 2.16. The molecule has 0 aliphatic carbocycles. The van der Waals surface area contributed by atoms with Crippen LogP contribution in [0.1, 0.15) is 26.7 Å². The van der Waals surface area contributed by atoms with Crippen LogP contribution in [-0.2, 0) is 4.79 Å². The van der Waals surface area contributed by atoms with E-state index in [0.717, 1.165) is 12.2 Å². The topological polar surface area (TPSA) is 69.6 Å². The van der Waals surface area contributed by atoms with Gasteiger partial charge in [-0.1, -0.05) is 6.92 Å². The van der Waals surface area contributed by atoms with Crippen LogP contribution in [0.2, 0.25) is 0 Å². The van der Waals surface area contributed by atoms with Gasteiger partial charge in [-0.05, 0) is 31.3 Å². The van der Waals surface area contributed by atoms with Gasteiger partial charge in [0.25, 0.3) is 0 Å². The van der Waals surface area contributed by atoms with E-state index < -0.39 is 5.97 Å². The Labute approximate surface area is 113 Å². The number of carbonyl (C=O) groups excluding carboxylic acids is 1. The fourth-order valence-corrected chi connectivity index (χ4v) is 2.02. The van der Waals surface area contributed by atoms with Crippen molar-refractivity contribution in [1.82, 2.24) is 10.2 Å². The van der Waals surface area contributed by atoms with E-state index in [1.165, 1.54) is 0 Å². The van der Waals surface area contributed by atoms with Crippen molar-refractivity contribution in [3.63, 3.8) is 0 Å². The summed E-state index contributed by atoms with van der Waals surface area (Å²) >= 11 is 1.76. The van der Waals surface area contributed by atoms with Crippen molar-refractivity contribution in [2.75, 3.05) is 25.6 Å². The maximum Gasteiger partial charge on any atom is 0.317 e. The Morgan fingerprint density at radius 1 is 1.39 bits per heavy atom. The van der Waals surface area contributed by atoms with Gasteiger partial charge in [-0.25, -0.2) is 4.79 Å². The molecule has 0 spiro atoms. The number of thioether (sulfide) groups is 1. The van der Waals surface area contributed by atoms with Gasteiger partial charge in [-0.15, -0.1) is 0 Å². The van der Waals surface area contributed by atoms with E-state index in [0.29, 0.717) is 6.54 Å². The van der Waals surface area contributed by atoms with Crippen molar-refractivity contribution < 1.29 is 14.7 Å². The monoisotopic (exact) mass is 276 g/mol. The molecule has 106 valence electrons. The summed E-state index contributed by atoms with van der Waals surface area (Å²) in [7, 11) is 1.77. The van der Waals surface area contributed by atoms with Crippen molar-refractivity contribution in [2.45, 2.75) is 32.7 Å². The second-order valence-electron chi connectivity index (χ2n) is 4.63. The van der Waals surface area contributed by atoms with E-state index in [1.807, 2.05) is 20.1 Å². The normalized spacial score (nSPS) is 13.8. The lowest BCUT2D eigenvalue weighted by Crippen LogP contribution is -2.44. The van der Waals surface area contributed by atoms with Crippen LogP contribution in [0.3, 0.4) is 0 Å². The number of hydrogen-bond acceptors (Lipinski definition) is 3. The molecule has 5 nitrogen and oxygen atoms in total. The van der Waals surface area contributed by atoms with E-state index in [1.54, 1.807) is 23.7 Å². The van der Waals surface area contributed by atoms with Gasteiger partial charge in [0.15, 0.2) is 0 Å². The summed E-state index contributed by atoms with van der Waals surface area (Å²) in [6.07, 6.45) is 3.07. The van der Waals surface area contributed by atoms with E-state index in [2.05, 4.69) is 5.32 Å². The fourth-order valence-electron chi connectivity index (χ4n) is 1.44. The molecule has 2 unspecified atom stereocenters. The van der Waals surface area contributed by atoms with Crippen LogP contribution >= 0.6 is 11.8 Å². The van der Waals surface area contributed by atoms with Crippen LogP contribution < -0.4 is 5.32 Å². The molecule has 0 aromatic rings. The molecule has 0 bridgehead atoms. The predicted molar refractivity (Wildman–Crippen MR) is 75.0 cm³/mol. The molecular formula is C12H24N2O3S. The van der Waals surface area contributed by atoms with Crippen LogP contribution in [0.5, 0.6) is 0 Å². The number of urea groups is 1. The Morgan fingerprint density at radius 3 is 2.50 bits per heavy atom. The third-order valence-corrected chi connectivity index (χ3v) is 3.49. The summed E-state index contributed by atoms with van der Waals surface area (Å²) in [4.78, 5) is 24.0. The summed E-state index contributed by atoms with van der Waals surface area (Å²) in [5, 5.41) is 11.4. The first kappa shape index (κ1) is 17.1. The number of rotatable bonds is 8. The van der Waals surface area contributed by atoms with Gasteiger partial charge in [-0.3, -0.25) is 4.79 Å². The molecule has 0 rings (SSSR count). The van der Waals surface area contributed by atoms with Gasteiger partial charge < -0.3 is 15.3 Å². The van der Waals surface area contributed by atoms with Crippen molar-refractivity contribution in [2.24, 2.45) is 5.92 Å². The molecule has 18 heavy (non-hydrogen) atoms. The van der Waals surface area contributed by atoms with Crippen LogP contribution in [-0.4, -0.2) is 53.6 Å². The molecule has 0 aromatic carbocycles. The Kier molecular flexibility index (Phi) is 8.62. The fraction of sp³-hybridized carbons (Fsp3) is 0.833. The molecule has 2 amide bonds. The standard InChI is InChI=1S/C12H24N2O3S/c1-9(7-11(15)16)8-13-12(17)14(3)10(2)5-6-18-4/h9-10H,5-8H2,1-4H3,(H,13,17)(H,15,16). The zero-order valence-electron chi connectivity index (χ0n) is 11.6. The number of hydrogen-bond donors (Lipinski definition) is 2.